The van der Waals surface area contributed by atoms with Gasteiger partial charge in [0.05, 0.1) is 16.7 Å². The van der Waals surface area contributed by atoms with Crippen LogP contribution in [0.15, 0.2) is 164 Å². The van der Waals surface area contributed by atoms with Crippen LogP contribution < -0.4 is 0 Å². The fourth-order valence-electron chi connectivity index (χ4n) is 5.62. The smallest absolute Gasteiger partial charge is 0.160 e. The third-order valence-corrected chi connectivity index (χ3v) is 8.22. The number of hydrogen-bond donors (Lipinski definition) is 0. The van der Waals surface area contributed by atoms with Gasteiger partial charge < -0.3 is 0 Å². The Hall–Kier alpha value is -6.99. The standard InChI is InChI=1S/C48H27F3/c49-46-43(28-25-34-13-10-22-40(31-34)37-16-4-1-5-17-37)47(50)45(30-27-36-15-12-24-42(33-36)39-20-8-3-9-21-39)48(51)44(46)29-26-35-14-11-23-41(32-35)38-18-6-2-7-19-38/h1-24,31-33H. The molecule has 0 amide bonds. The zero-order chi connectivity index (χ0) is 35.0. The van der Waals surface area contributed by atoms with Gasteiger partial charge in [0.1, 0.15) is 0 Å². The van der Waals surface area contributed by atoms with Crippen molar-refractivity contribution in [2.45, 2.75) is 0 Å². The maximum absolute atomic E-state index is 16.1. The Kier molecular flexibility index (Phi) is 9.61. The summed E-state index contributed by atoms with van der Waals surface area (Å²) in [5.41, 5.74) is 5.42. The zero-order valence-corrected chi connectivity index (χ0v) is 27.2. The Morgan fingerprint density at radius 3 is 0.784 bits per heavy atom. The van der Waals surface area contributed by atoms with Crippen LogP contribution in [0, 0.1) is 53.0 Å². The predicted octanol–water partition coefficient (Wildman–Crippen LogP) is 11.3. The van der Waals surface area contributed by atoms with Crippen molar-refractivity contribution in [3.05, 3.63) is 215 Å². The molecule has 51 heavy (non-hydrogen) atoms. The molecule has 0 aliphatic carbocycles. The number of rotatable bonds is 3. The largest absolute Gasteiger partial charge is 0.204 e. The Morgan fingerprint density at radius 2 is 0.510 bits per heavy atom. The Labute approximate surface area is 295 Å². The third kappa shape index (κ3) is 7.53. The second-order valence-electron chi connectivity index (χ2n) is 11.7. The first kappa shape index (κ1) is 32.6. The molecule has 0 aromatic heterocycles. The van der Waals surface area contributed by atoms with Gasteiger partial charge in [0.25, 0.3) is 0 Å². The molecule has 0 aliphatic heterocycles. The lowest BCUT2D eigenvalue weighted by atomic mass is 10.00. The van der Waals surface area contributed by atoms with Crippen LogP contribution in [0.3, 0.4) is 0 Å². The minimum Gasteiger partial charge on any atom is -0.204 e. The van der Waals surface area contributed by atoms with Crippen LogP contribution >= 0.6 is 0 Å². The Morgan fingerprint density at radius 1 is 0.255 bits per heavy atom. The second-order valence-corrected chi connectivity index (χ2v) is 11.7. The summed E-state index contributed by atoms with van der Waals surface area (Å²) in [5.74, 6) is 13.0. The van der Waals surface area contributed by atoms with Gasteiger partial charge in [-0.1, -0.05) is 163 Å². The van der Waals surface area contributed by atoms with Gasteiger partial charge in [-0.05, 0) is 69.8 Å². The summed E-state index contributed by atoms with van der Waals surface area (Å²) in [4.78, 5) is 0. The van der Waals surface area contributed by atoms with Crippen LogP contribution in [0.1, 0.15) is 33.4 Å². The summed E-state index contributed by atoms with van der Waals surface area (Å²) in [5, 5.41) is 0. The van der Waals surface area contributed by atoms with Gasteiger partial charge in [0, 0.05) is 16.7 Å². The quantitative estimate of drug-likeness (QED) is 0.166. The monoisotopic (exact) mass is 660 g/mol. The van der Waals surface area contributed by atoms with E-state index in [4.69, 9.17) is 0 Å². The van der Waals surface area contributed by atoms with Gasteiger partial charge in [-0.3, -0.25) is 0 Å². The highest BCUT2D eigenvalue weighted by molar-refractivity contribution is 5.68. The van der Waals surface area contributed by atoms with Crippen molar-refractivity contribution in [3.8, 4) is 68.9 Å². The van der Waals surface area contributed by atoms with E-state index in [2.05, 4.69) is 35.5 Å². The summed E-state index contributed by atoms with van der Waals surface area (Å²) in [7, 11) is 0. The van der Waals surface area contributed by atoms with E-state index in [1.54, 1.807) is 18.2 Å². The van der Waals surface area contributed by atoms with Crippen molar-refractivity contribution in [3.63, 3.8) is 0 Å². The molecular weight excluding hydrogens is 634 g/mol. The molecule has 0 N–H and O–H groups in total. The highest BCUT2D eigenvalue weighted by atomic mass is 19.1. The molecule has 7 aromatic rings. The van der Waals surface area contributed by atoms with E-state index >= 15 is 13.2 Å². The summed E-state index contributed by atoms with van der Waals surface area (Å²) >= 11 is 0. The van der Waals surface area contributed by atoms with E-state index in [1.807, 2.05) is 146 Å². The molecule has 240 valence electrons. The number of benzene rings is 7. The molecule has 3 heteroatoms. The first-order chi connectivity index (χ1) is 25.0. The lowest BCUT2D eigenvalue weighted by molar-refractivity contribution is 0.531. The van der Waals surface area contributed by atoms with Gasteiger partial charge in [-0.25, -0.2) is 13.2 Å². The Balaban J connectivity index is 1.33. The van der Waals surface area contributed by atoms with Crippen LogP contribution in [0.2, 0.25) is 0 Å². The minimum absolute atomic E-state index is 0.537. The normalized spacial score (nSPS) is 10.2. The maximum atomic E-state index is 16.1. The van der Waals surface area contributed by atoms with E-state index < -0.39 is 34.1 Å². The number of halogens is 3. The molecule has 0 unspecified atom stereocenters. The molecule has 0 spiro atoms. The molecule has 0 nitrogen and oxygen atoms in total. The van der Waals surface area contributed by atoms with Crippen molar-refractivity contribution in [2.75, 3.05) is 0 Å². The van der Waals surface area contributed by atoms with Gasteiger partial charge in [-0.2, -0.15) is 0 Å². The second kappa shape index (κ2) is 15.1. The summed E-state index contributed by atoms with van der Waals surface area (Å²) in [6.45, 7) is 0. The Bertz CT molecular complexity index is 2240. The zero-order valence-electron chi connectivity index (χ0n) is 27.2. The molecule has 0 fully saturated rings. The fraction of sp³-hybridized carbons (Fsp3) is 0. The lowest BCUT2D eigenvalue weighted by Gasteiger charge is -2.07. The van der Waals surface area contributed by atoms with Crippen LogP contribution in [-0.2, 0) is 0 Å². The summed E-state index contributed by atoms with van der Waals surface area (Å²) in [6.07, 6.45) is 0. The molecule has 0 saturated carbocycles. The van der Waals surface area contributed by atoms with Crippen LogP contribution in [0.5, 0.6) is 0 Å². The maximum Gasteiger partial charge on any atom is 0.160 e. The molecule has 0 saturated heterocycles. The van der Waals surface area contributed by atoms with Gasteiger partial charge >= 0.3 is 0 Å². The van der Waals surface area contributed by atoms with E-state index in [9.17, 15) is 0 Å². The highest BCUT2D eigenvalue weighted by Gasteiger charge is 2.23. The highest BCUT2D eigenvalue weighted by Crippen LogP contribution is 2.26. The molecule has 7 aromatic carbocycles. The average Bonchev–Trinajstić information content (AvgIpc) is 3.19. The molecule has 0 aliphatic rings. The van der Waals surface area contributed by atoms with Crippen molar-refractivity contribution in [1.29, 1.82) is 0 Å². The molecule has 0 radical (unpaired) electrons. The SMILES string of the molecule is Fc1c(C#Cc2cccc(-c3ccccc3)c2)c(F)c(C#Cc2cccc(-c3ccccc3)c2)c(F)c1C#Cc1cccc(-c2ccccc2)c1. The number of hydrogen-bond acceptors (Lipinski definition) is 0. The molecule has 0 atom stereocenters. The van der Waals surface area contributed by atoms with Crippen molar-refractivity contribution >= 4 is 0 Å². The summed E-state index contributed by atoms with van der Waals surface area (Å²) < 4.78 is 48.4. The van der Waals surface area contributed by atoms with E-state index in [0.29, 0.717) is 16.7 Å². The van der Waals surface area contributed by atoms with E-state index in [0.717, 1.165) is 33.4 Å². The molecule has 0 bridgehead atoms. The van der Waals surface area contributed by atoms with Gasteiger partial charge in [0.2, 0.25) is 0 Å². The molecular formula is C48H27F3. The van der Waals surface area contributed by atoms with Crippen LogP contribution in [0.4, 0.5) is 13.2 Å². The first-order valence-corrected chi connectivity index (χ1v) is 16.3. The van der Waals surface area contributed by atoms with E-state index in [1.165, 1.54) is 0 Å². The van der Waals surface area contributed by atoms with Gasteiger partial charge in [-0.15, -0.1) is 0 Å². The average molecular weight is 661 g/mol. The van der Waals surface area contributed by atoms with Crippen LogP contribution in [0.25, 0.3) is 33.4 Å². The predicted molar refractivity (Wildman–Crippen MR) is 200 cm³/mol. The van der Waals surface area contributed by atoms with Crippen molar-refractivity contribution in [2.24, 2.45) is 0 Å². The minimum atomic E-state index is -1.18. The van der Waals surface area contributed by atoms with Crippen molar-refractivity contribution in [1.82, 2.24) is 0 Å². The fourth-order valence-corrected chi connectivity index (χ4v) is 5.62. The molecule has 7 rings (SSSR count). The van der Waals surface area contributed by atoms with Crippen LogP contribution in [-0.4, -0.2) is 0 Å². The molecule has 0 heterocycles. The summed E-state index contributed by atoms with van der Waals surface area (Å²) in [6, 6.07) is 51.2. The third-order valence-electron chi connectivity index (χ3n) is 8.22. The first-order valence-electron chi connectivity index (χ1n) is 16.3. The van der Waals surface area contributed by atoms with Crippen molar-refractivity contribution < 1.29 is 13.2 Å². The lowest BCUT2D eigenvalue weighted by Crippen LogP contribution is -2.04. The van der Waals surface area contributed by atoms with Gasteiger partial charge in [0.15, 0.2) is 17.5 Å². The van der Waals surface area contributed by atoms with E-state index in [-0.39, 0.29) is 0 Å². The topological polar surface area (TPSA) is 0 Å².